The molecule has 8 heteroatoms. The summed E-state index contributed by atoms with van der Waals surface area (Å²) in [4.78, 5) is 21.6. The molecule has 1 unspecified atom stereocenters. The number of carbonyl (C=O) groups excluding carboxylic acids is 1. The number of aromatic nitrogens is 2. The van der Waals surface area contributed by atoms with Gasteiger partial charge in [-0.2, -0.15) is 4.98 Å². The first-order valence-electron chi connectivity index (χ1n) is 9.70. The van der Waals surface area contributed by atoms with Gasteiger partial charge in [-0.1, -0.05) is 31.1 Å². The number of methoxy groups -OCH3 is 1. The van der Waals surface area contributed by atoms with Crippen molar-refractivity contribution in [3.8, 4) is 5.75 Å². The Hall–Kier alpha value is -2.45. The molecule has 8 nitrogen and oxygen atoms in total. The Morgan fingerprint density at radius 2 is 1.93 bits per heavy atom. The average Bonchev–Trinajstić information content (AvgIpc) is 3.17. The number of nitrogens with zero attached hydrogens (tertiary/aromatic N) is 4. The summed E-state index contributed by atoms with van der Waals surface area (Å²) in [7, 11) is 1.60. The van der Waals surface area contributed by atoms with Gasteiger partial charge in [0.1, 0.15) is 5.75 Å². The van der Waals surface area contributed by atoms with E-state index in [0.717, 1.165) is 32.0 Å². The highest BCUT2D eigenvalue weighted by Crippen LogP contribution is 2.23. The minimum atomic E-state index is -0.219. The molecule has 28 heavy (non-hydrogen) atoms. The van der Waals surface area contributed by atoms with E-state index in [-0.39, 0.29) is 17.9 Å². The quantitative estimate of drug-likeness (QED) is 0.781. The lowest BCUT2D eigenvalue weighted by molar-refractivity contribution is -0.121. The van der Waals surface area contributed by atoms with E-state index in [1.807, 2.05) is 45.0 Å². The molecule has 1 saturated heterocycles. The fraction of sp³-hybridized carbons (Fsp3) is 0.550. The Balaban J connectivity index is 1.50. The summed E-state index contributed by atoms with van der Waals surface area (Å²) in [6.45, 7) is 10.0. The number of ether oxygens (including phenoxy) is 1. The highest BCUT2D eigenvalue weighted by atomic mass is 16.5. The minimum Gasteiger partial charge on any atom is -0.495 e. The van der Waals surface area contributed by atoms with Crippen LogP contribution in [0.2, 0.25) is 0 Å². The molecule has 1 aromatic heterocycles. The van der Waals surface area contributed by atoms with Crippen LogP contribution in [0.15, 0.2) is 28.8 Å². The molecule has 1 aliphatic heterocycles. The van der Waals surface area contributed by atoms with Crippen LogP contribution in [-0.4, -0.2) is 65.2 Å². The lowest BCUT2D eigenvalue weighted by atomic mass is 10.2. The predicted molar refractivity (Wildman–Crippen MR) is 106 cm³/mol. The minimum absolute atomic E-state index is 0.0311. The molecule has 1 N–H and O–H groups in total. The number of anilines is 1. The Morgan fingerprint density at radius 1 is 1.21 bits per heavy atom. The fourth-order valence-corrected chi connectivity index (χ4v) is 3.22. The van der Waals surface area contributed by atoms with Crippen molar-refractivity contribution in [2.24, 2.45) is 0 Å². The molecule has 1 amide bonds. The first-order valence-corrected chi connectivity index (χ1v) is 9.70. The maximum atomic E-state index is 12.7. The van der Waals surface area contributed by atoms with Gasteiger partial charge in [-0.25, -0.2) is 0 Å². The zero-order valence-electron chi connectivity index (χ0n) is 17.0. The number of amides is 1. The zero-order valence-corrected chi connectivity index (χ0v) is 17.0. The standard InChI is InChI=1S/C20H29N5O3/c1-14(2)19-22-18(28-23-19)13-24-9-11-25(12-10-24)15(3)20(26)21-16-7-5-6-8-17(16)27-4/h5-8,14-15H,9-13H2,1-4H3,(H,21,26). The van der Waals surface area contributed by atoms with Gasteiger partial charge in [-0.05, 0) is 19.1 Å². The van der Waals surface area contributed by atoms with E-state index in [4.69, 9.17) is 9.26 Å². The molecule has 2 heterocycles. The van der Waals surface area contributed by atoms with Gasteiger partial charge >= 0.3 is 0 Å². The smallest absolute Gasteiger partial charge is 0.241 e. The summed E-state index contributed by atoms with van der Waals surface area (Å²) in [5.41, 5.74) is 0.692. The SMILES string of the molecule is COc1ccccc1NC(=O)C(C)N1CCN(Cc2nc(C(C)C)no2)CC1. The van der Waals surface area contributed by atoms with Crippen molar-refractivity contribution in [1.29, 1.82) is 0 Å². The number of carbonyl (C=O) groups is 1. The van der Waals surface area contributed by atoms with Crippen LogP contribution >= 0.6 is 0 Å². The summed E-state index contributed by atoms with van der Waals surface area (Å²) in [5.74, 6) is 2.29. The second-order valence-corrected chi connectivity index (χ2v) is 7.38. The first kappa shape index (κ1) is 20.3. The van der Waals surface area contributed by atoms with Crippen LogP contribution in [0, 0.1) is 0 Å². The third-order valence-electron chi connectivity index (χ3n) is 5.06. The van der Waals surface area contributed by atoms with Crippen LogP contribution in [0.5, 0.6) is 5.75 Å². The van der Waals surface area contributed by atoms with Gasteiger partial charge in [0.05, 0.1) is 25.4 Å². The normalized spacial score (nSPS) is 16.9. The Morgan fingerprint density at radius 3 is 2.57 bits per heavy atom. The van der Waals surface area contributed by atoms with Crippen molar-refractivity contribution in [2.75, 3.05) is 38.6 Å². The van der Waals surface area contributed by atoms with Crippen molar-refractivity contribution in [3.05, 3.63) is 36.0 Å². The van der Waals surface area contributed by atoms with Gasteiger partial charge < -0.3 is 14.6 Å². The molecule has 1 fully saturated rings. The molecule has 2 aromatic rings. The summed E-state index contributed by atoms with van der Waals surface area (Å²) in [6, 6.07) is 7.22. The maximum absolute atomic E-state index is 12.7. The third kappa shape index (κ3) is 4.88. The van der Waals surface area contributed by atoms with Crippen LogP contribution in [0.25, 0.3) is 0 Å². The van der Waals surface area contributed by atoms with Crippen LogP contribution in [0.1, 0.15) is 38.4 Å². The summed E-state index contributed by atoms with van der Waals surface area (Å²) >= 11 is 0. The summed E-state index contributed by atoms with van der Waals surface area (Å²) in [5, 5.41) is 6.99. The monoisotopic (exact) mass is 387 g/mol. The number of piperazine rings is 1. The Labute approximate surface area is 165 Å². The highest BCUT2D eigenvalue weighted by molar-refractivity contribution is 5.95. The van der Waals surface area contributed by atoms with Crippen LogP contribution in [0.4, 0.5) is 5.69 Å². The third-order valence-corrected chi connectivity index (χ3v) is 5.06. The summed E-state index contributed by atoms with van der Waals surface area (Å²) < 4.78 is 10.6. The molecule has 3 rings (SSSR count). The predicted octanol–water partition coefficient (Wildman–Crippen LogP) is 2.35. The fourth-order valence-electron chi connectivity index (χ4n) is 3.22. The van der Waals surface area contributed by atoms with Gasteiger partial charge in [0.15, 0.2) is 5.82 Å². The van der Waals surface area contributed by atoms with Gasteiger partial charge in [0.25, 0.3) is 0 Å². The molecule has 152 valence electrons. The second-order valence-electron chi connectivity index (χ2n) is 7.38. The zero-order chi connectivity index (χ0) is 20.1. The molecule has 0 saturated carbocycles. The number of rotatable bonds is 7. The van der Waals surface area contributed by atoms with Crippen LogP contribution in [0.3, 0.4) is 0 Å². The van der Waals surface area contributed by atoms with E-state index >= 15 is 0 Å². The molecule has 0 bridgehead atoms. The molecule has 1 atom stereocenters. The molecule has 1 aromatic carbocycles. The van der Waals surface area contributed by atoms with Gasteiger partial charge in [-0.15, -0.1) is 0 Å². The van der Waals surface area contributed by atoms with Crippen molar-refractivity contribution in [1.82, 2.24) is 19.9 Å². The molecule has 0 spiro atoms. The molecule has 0 aliphatic carbocycles. The topological polar surface area (TPSA) is 83.7 Å². The van der Waals surface area contributed by atoms with Crippen LogP contribution < -0.4 is 10.1 Å². The number of benzene rings is 1. The molecule has 1 aliphatic rings. The van der Waals surface area contributed by atoms with Gasteiger partial charge in [0, 0.05) is 32.1 Å². The van der Waals surface area contributed by atoms with Crippen molar-refractivity contribution >= 4 is 11.6 Å². The highest BCUT2D eigenvalue weighted by Gasteiger charge is 2.27. The van der Waals surface area contributed by atoms with E-state index in [2.05, 4.69) is 25.3 Å². The number of nitrogens with one attached hydrogen (secondary N) is 1. The van der Waals surface area contributed by atoms with Crippen molar-refractivity contribution in [2.45, 2.75) is 39.3 Å². The van der Waals surface area contributed by atoms with E-state index in [1.165, 1.54) is 0 Å². The number of hydrogen-bond acceptors (Lipinski definition) is 7. The lowest BCUT2D eigenvalue weighted by Crippen LogP contribution is -2.52. The van der Waals surface area contributed by atoms with Gasteiger partial charge in [0.2, 0.25) is 11.8 Å². The lowest BCUT2D eigenvalue weighted by Gasteiger charge is -2.36. The average molecular weight is 387 g/mol. The number of para-hydroxylation sites is 2. The molecular weight excluding hydrogens is 358 g/mol. The Bertz CT molecular complexity index is 784. The second kappa shape index (κ2) is 9.16. The van der Waals surface area contributed by atoms with Gasteiger partial charge in [-0.3, -0.25) is 14.6 Å². The van der Waals surface area contributed by atoms with E-state index in [9.17, 15) is 4.79 Å². The van der Waals surface area contributed by atoms with Crippen molar-refractivity contribution in [3.63, 3.8) is 0 Å². The maximum Gasteiger partial charge on any atom is 0.241 e. The van der Waals surface area contributed by atoms with Crippen molar-refractivity contribution < 1.29 is 14.1 Å². The molecular formula is C20H29N5O3. The van der Waals surface area contributed by atoms with E-state index in [1.54, 1.807) is 7.11 Å². The molecule has 0 radical (unpaired) electrons. The first-order chi connectivity index (χ1) is 13.5. The number of hydrogen-bond donors (Lipinski definition) is 1. The summed E-state index contributed by atoms with van der Waals surface area (Å²) in [6.07, 6.45) is 0. The largest absolute Gasteiger partial charge is 0.495 e. The van der Waals surface area contributed by atoms with E-state index in [0.29, 0.717) is 23.9 Å². The van der Waals surface area contributed by atoms with E-state index < -0.39 is 0 Å². The van der Waals surface area contributed by atoms with Crippen LogP contribution in [-0.2, 0) is 11.3 Å². The Kier molecular flexibility index (Phi) is 6.64.